The van der Waals surface area contributed by atoms with Gasteiger partial charge in [-0.3, -0.25) is 0 Å². The molecule has 0 heterocycles. The topological polar surface area (TPSA) is 46.2 Å². The van der Waals surface area contributed by atoms with E-state index in [4.69, 9.17) is 0 Å². The molecular formula is C14H29NO2S. The van der Waals surface area contributed by atoms with Crippen molar-refractivity contribution in [2.24, 2.45) is 11.3 Å². The van der Waals surface area contributed by atoms with Crippen LogP contribution in [0.25, 0.3) is 0 Å². The van der Waals surface area contributed by atoms with E-state index < -0.39 is 9.84 Å². The first-order chi connectivity index (χ1) is 8.24. The lowest BCUT2D eigenvalue weighted by Crippen LogP contribution is -2.45. The van der Waals surface area contributed by atoms with Crippen LogP contribution in [-0.2, 0) is 9.84 Å². The van der Waals surface area contributed by atoms with E-state index in [1.807, 2.05) is 6.92 Å². The highest BCUT2D eigenvalue weighted by Gasteiger charge is 2.31. The van der Waals surface area contributed by atoms with Gasteiger partial charge in [-0.1, -0.05) is 40.5 Å². The van der Waals surface area contributed by atoms with Crippen LogP contribution in [0.1, 0.15) is 53.4 Å². The molecule has 1 unspecified atom stereocenters. The third-order valence-corrected chi connectivity index (χ3v) is 5.70. The highest BCUT2D eigenvalue weighted by Crippen LogP contribution is 2.27. The van der Waals surface area contributed by atoms with Crippen molar-refractivity contribution in [3.63, 3.8) is 0 Å². The average molecular weight is 275 g/mol. The van der Waals surface area contributed by atoms with Gasteiger partial charge in [-0.2, -0.15) is 0 Å². The summed E-state index contributed by atoms with van der Waals surface area (Å²) >= 11 is 0. The average Bonchev–Trinajstić information content (AvgIpc) is 2.67. The standard InChI is InChI=1S/C14H29NO2S/c1-5-15-13(14(2,3)4)11-18(16,17)10-12-8-6-7-9-12/h12-13,15H,5-11H2,1-4H3. The Labute approximate surface area is 113 Å². The van der Waals surface area contributed by atoms with E-state index in [-0.39, 0.29) is 17.2 Å². The summed E-state index contributed by atoms with van der Waals surface area (Å²) in [6.07, 6.45) is 4.60. The molecule has 1 aliphatic carbocycles. The number of hydrogen-bond donors (Lipinski definition) is 1. The fourth-order valence-electron chi connectivity index (χ4n) is 2.72. The Hall–Kier alpha value is -0.0900. The number of nitrogens with one attached hydrogen (secondary N) is 1. The molecule has 0 aromatic rings. The van der Waals surface area contributed by atoms with Gasteiger partial charge in [0, 0.05) is 6.04 Å². The van der Waals surface area contributed by atoms with Crippen LogP contribution in [0.4, 0.5) is 0 Å². The Morgan fingerprint density at radius 1 is 1.22 bits per heavy atom. The molecule has 0 bridgehead atoms. The number of hydrogen-bond acceptors (Lipinski definition) is 3. The van der Waals surface area contributed by atoms with Crippen LogP contribution in [0.15, 0.2) is 0 Å². The van der Waals surface area contributed by atoms with Gasteiger partial charge in [0.1, 0.15) is 0 Å². The Morgan fingerprint density at radius 3 is 2.22 bits per heavy atom. The molecule has 0 spiro atoms. The summed E-state index contributed by atoms with van der Waals surface area (Å²) in [6, 6.07) is 0.0499. The van der Waals surface area contributed by atoms with E-state index in [2.05, 4.69) is 26.1 Å². The molecule has 108 valence electrons. The molecule has 4 heteroatoms. The van der Waals surface area contributed by atoms with E-state index in [0.29, 0.717) is 11.7 Å². The van der Waals surface area contributed by atoms with Gasteiger partial charge in [0.15, 0.2) is 9.84 Å². The quantitative estimate of drug-likeness (QED) is 0.810. The van der Waals surface area contributed by atoms with Crippen LogP contribution in [0.3, 0.4) is 0 Å². The third-order valence-electron chi connectivity index (χ3n) is 3.88. The molecule has 0 aromatic carbocycles. The fourth-order valence-corrected chi connectivity index (χ4v) is 5.03. The van der Waals surface area contributed by atoms with Crippen molar-refractivity contribution in [1.29, 1.82) is 0 Å². The van der Waals surface area contributed by atoms with Gasteiger partial charge in [-0.05, 0) is 30.7 Å². The summed E-state index contributed by atoms with van der Waals surface area (Å²) in [7, 11) is -2.93. The SMILES string of the molecule is CCNC(CS(=O)(=O)CC1CCCC1)C(C)(C)C. The zero-order chi connectivity index (χ0) is 13.8. The van der Waals surface area contributed by atoms with E-state index in [0.717, 1.165) is 19.4 Å². The maximum Gasteiger partial charge on any atom is 0.152 e. The Balaban J connectivity index is 2.60. The second kappa shape index (κ2) is 6.38. The highest BCUT2D eigenvalue weighted by atomic mass is 32.2. The predicted octanol–water partition coefficient (Wildman–Crippen LogP) is 2.62. The molecule has 0 radical (unpaired) electrons. The van der Waals surface area contributed by atoms with E-state index in [1.165, 1.54) is 12.8 Å². The van der Waals surface area contributed by atoms with E-state index in [1.54, 1.807) is 0 Å². The minimum atomic E-state index is -2.93. The van der Waals surface area contributed by atoms with Gasteiger partial charge in [0.05, 0.1) is 11.5 Å². The molecule has 1 N–H and O–H groups in total. The molecule has 0 saturated heterocycles. The van der Waals surface area contributed by atoms with Crippen molar-refractivity contribution in [3.05, 3.63) is 0 Å². The lowest BCUT2D eigenvalue weighted by molar-refractivity contribution is 0.292. The lowest BCUT2D eigenvalue weighted by atomic mass is 9.88. The van der Waals surface area contributed by atoms with Crippen LogP contribution in [0.5, 0.6) is 0 Å². The Kier molecular flexibility index (Phi) is 5.66. The zero-order valence-electron chi connectivity index (χ0n) is 12.3. The smallest absolute Gasteiger partial charge is 0.152 e. The van der Waals surface area contributed by atoms with Crippen LogP contribution < -0.4 is 5.32 Å². The molecule has 0 aliphatic heterocycles. The predicted molar refractivity (Wildman–Crippen MR) is 77.5 cm³/mol. The number of rotatable bonds is 6. The first-order valence-corrected chi connectivity index (χ1v) is 9.00. The van der Waals surface area contributed by atoms with Gasteiger partial charge < -0.3 is 5.32 Å². The number of sulfone groups is 1. The molecule has 18 heavy (non-hydrogen) atoms. The second-order valence-corrected chi connectivity index (χ2v) is 8.86. The molecule has 3 nitrogen and oxygen atoms in total. The van der Waals surface area contributed by atoms with Gasteiger partial charge in [-0.25, -0.2) is 8.42 Å². The monoisotopic (exact) mass is 275 g/mol. The van der Waals surface area contributed by atoms with Crippen molar-refractivity contribution < 1.29 is 8.42 Å². The van der Waals surface area contributed by atoms with Crippen LogP contribution in [0.2, 0.25) is 0 Å². The second-order valence-electron chi connectivity index (χ2n) is 6.70. The normalized spacial score (nSPS) is 20.2. The van der Waals surface area contributed by atoms with Crippen molar-refractivity contribution in [3.8, 4) is 0 Å². The van der Waals surface area contributed by atoms with Crippen molar-refractivity contribution in [2.45, 2.75) is 59.4 Å². The first-order valence-electron chi connectivity index (χ1n) is 7.18. The van der Waals surface area contributed by atoms with Gasteiger partial charge in [0.2, 0.25) is 0 Å². The maximum atomic E-state index is 12.3. The summed E-state index contributed by atoms with van der Waals surface area (Å²) in [6.45, 7) is 9.16. The molecule has 1 rings (SSSR count). The van der Waals surface area contributed by atoms with Crippen molar-refractivity contribution in [2.75, 3.05) is 18.1 Å². The van der Waals surface area contributed by atoms with Crippen molar-refractivity contribution in [1.82, 2.24) is 5.32 Å². The Bertz CT molecular complexity index is 337. The fraction of sp³-hybridized carbons (Fsp3) is 1.00. The molecule has 1 fully saturated rings. The van der Waals surface area contributed by atoms with E-state index >= 15 is 0 Å². The van der Waals surface area contributed by atoms with Gasteiger partial charge in [-0.15, -0.1) is 0 Å². The van der Waals surface area contributed by atoms with Crippen LogP contribution in [-0.4, -0.2) is 32.5 Å². The van der Waals surface area contributed by atoms with Crippen molar-refractivity contribution >= 4 is 9.84 Å². The first kappa shape index (κ1) is 16.0. The summed E-state index contributed by atoms with van der Waals surface area (Å²) in [5, 5.41) is 3.32. The maximum absolute atomic E-state index is 12.3. The summed E-state index contributed by atoms with van der Waals surface area (Å²) in [4.78, 5) is 0. The van der Waals surface area contributed by atoms with Gasteiger partial charge in [0.25, 0.3) is 0 Å². The Morgan fingerprint density at radius 2 is 1.78 bits per heavy atom. The largest absolute Gasteiger partial charge is 0.313 e. The highest BCUT2D eigenvalue weighted by molar-refractivity contribution is 7.91. The molecule has 1 aliphatic rings. The van der Waals surface area contributed by atoms with Crippen LogP contribution >= 0.6 is 0 Å². The minimum Gasteiger partial charge on any atom is -0.313 e. The molecule has 1 atom stereocenters. The molecule has 0 amide bonds. The minimum absolute atomic E-state index is 0.0151. The summed E-state index contributed by atoms with van der Waals surface area (Å²) < 4.78 is 24.6. The van der Waals surface area contributed by atoms with Crippen LogP contribution in [0, 0.1) is 11.3 Å². The van der Waals surface area contributed by atoms with E-state index in [9.17, 15) is 8.42 Å². The molecule has 1 saturated carbocycles. The summed E-state index contributed by atoms with van der Waals surface area (Å²) in [5.74, 6) is 1.09. The lowest BCUT2D eigenvalue weighted by Gasteiger charge is -2.31. The zero-order valence-corrected chi connectivity index (χ0v) is 13.1. The molecular weight excluding hydrogens is 246 g/mol. The van der Waals surface area contributed by atoms with Gasteiger partial charge >= 0.3 is 0 Å². The molecule has 0 aromatic heterocycles. The summed E-state index contributed by atoms with van der Waals surface area (Å²) in [5.41, 5.74) is -0.0151. The third kappa shape index (κ3) is 5.27.